The number of ether oxygens (including phenoxy) is 3. The number of piperidine rings is 1. The highest BCUT2D eigenvalue weighted by Crippen LogP contribution is 2.28. The molecule has 1 aliphatic heterocycles. The molecule has 0 saturated carbocycles. The Morgan fingerprint density at radius 2 is 1.80 bits per heavy atom. The van der Waals surface area contributed by atoms with E-state index in [1.165, 1.54) is 0 Å². The van der Waals surface area contributed by atoms with E-state index < -0.39 is 0 Å². The van der Waals surface area contributed by atoms with Crippen LogP contribution in [0.2, 0.25) is 0 Å². The Morgan fingerprint density at radius 3 is 2.43 bits per heavy atom. The maximum absolute atomic E-state index is 11.7. The van der Waals surface area contributed by atoms with Gasteiger partial charge in [0, 0.05) is 25.7 Å². The number of nitrogens with two attached hydrogens (primary N) is 1. The van der Waals surface area contributed by atoms with Crippen LogP contribution in [0.1, 0.15) is 39.2 Å². The van der Waals surface area contributed by atoms with Crippen LogP contribution < -0.4 is 20.5 Å². The minimum absolute atomic E-state index is 0. The molecule has 8 nitrogen and oxygen atoms in total. The molecule has 1 aromatic carbocycles. The Hall–Kier alpha value is -1.91. The largest absolute Gasteiger partial charge is 0.490 e. The quantitative estimate of drug-likeness (QED) is 0.287. The van der Waals surface area contributed by atoms with Gasteiger partial charge in [-0.15, -0.1) is 24.0 Å². The van der Waals surface area contributed by atoms with Gasteiger partial charge in [0.1, 0.15) is 0 Å². The number of guanidine groups is 1. The summed E-state index contributed by atoms with van der Waals surface area (Å²) in [6.45, 7) is 9.22. The van der Waals surface area contributed by atoms with Gasteiger partial charge in [0.2, 0.25) is 0 Å². The van der Waals surface area contributed by atoms with Gasteiger partial charge < -0.3 is 30.2 Å². The van der Waals surface area contributed by atoms with Crippen molar-refractivity contribution in [2.75, 3.05) is 39.5 Å². The van der Waals surface area contributed by atoms with Gasteiger partial charge in [-0.25, -0.2) is 4.79 Å². The second kappa shape index (κ2) is 14.2. The fraction of sp³-hybridized carbons (Fsp3) is 0.619. The zero-order valence-corrected chi connectivity index (χ0v) is 20.5. The van der Waals surface area contributed by atoms with Gasteiger partial charge in [0.15, 0.2) is 17.5 Å². The molecule has 2 rings (SSSR count). The van der Waals surface area contributed by atoms with E-state index >= 15 is 0 Å². The average molecular weight is 534 g/mol. The third-order valence-corrected chi connectivity index (χ3v) is 4.66. The van der Waals surface area contributed by atoms with Gasteiger partial charge >= 0.3 is 6.09 Å². The number of likely N-dealkylation sites (tertiary alicyclic amines) is 1. The zero-order chi connectivity index (χ0) is 21.1. The molecule has 0 radical (unpaired) electrons. The van der Waals surface area contributed by atoms with E-state index in [4.69, 9.17) is 19.9 Å². The van der Waals surface area contributed by atoms with Gasteiger partial charge in [-0.1, -0.05) is 6.07 Å². The van der Waals surface area contributed by atoms with Crippen LogP contribution in [-0.2, 0) is 11.2 Å². The molecule has 1 fully saturated rings. The van der Waals surface area contributed by atoms with Crippen LogP contribution in [0.5, 0.6) is 11.5 Å². The third-order valence-electron chi connectivity index (χ3n) is 4.66. The summed E-state index contributed by atoms with van der Waals surface area (Å²) in [7, 11) is 0. The molecule has 0 bridgehead atoms. The van der Waals surface area contributed by atoms with Crippen molar-refractivity contribution in [1.82, 2.24) is 10.2 Å². The van der Waals surface area contributed by atoms with Crippen molar-refractivity contribution in [3.8, 4) is 11.5 Å². The van der Waals surface area contributed by atoms with Crippen LogP contribution in [0.4, 0.5) is 4.79 Å². The summed E-state index contributed by atoms with van der Waals surface area (Å²) in [6.07, 6.45) is 2.17. The molecule has 0 unspecified atom stereocenters. The Bertz CT molecular complexity index is 679. The minimum atomic E-state index is -0.241. The number of amides is 1. The van der Waals surface area contributed by atoms with Crippen LogP contribution in [0, 0.1) is 0 Å². The second-order valence-corrected chi connectivity index (χ2v) is 6.77. The van der Waals surface area contributed by atoms with Crippen molar-refractivity contribution in [1.29, 1.82) is 0 Å². The van der Waals surface area contributed by atoms with Crippen molar-refractivity contribution in [3.63, 3.8) is 0 Å². The normalized spacial score (nSPS) is 14.6. The lowest BCUT2D eigenvalue weighted by molar-refractivity contribution is 0.0963. The highest BCUT2D eigenvalue weighted by atomic mass is 127. The highest BCUT2D eigenvalue weighted by Gasteiger charge is 2.23. The maximum atomic E-state index is 11.7. The second-order valence-electron chi connectivity index (χ2n) is 6.77. The van der Waals surface area contributed by atoms with Crippen LogP contribution in [0.3, 0.4) is 0 Å². The fourth-order valence-electron chi connectivity index (χ4n) is 3.23. The zero-order valence-electron chi connectivity index (χ0n) is 18.2. The third kappa shape index (κ3) is 8.45. The summed E-state index contributed by atoms with van der Waals surface area (Å²) < 4.78 is 16.3. The Balaban J connectivity index is 0.00000450. The van der Waals surface area contributed by atoms with Gasteiger partial charge in [-0.05, 0) is 57.7 Å². The molecule has 3 N–H and O–H groups in total. The monoisotopic (exact) mass is 534 g/mol. The smallest absolute Gasteiger partial charge is 0.409 e. The topological polar surface area (TPSA) is 98.4 Å². The SMILES string of the molecule is CCOC(=O)N1CCC(NC(N)=NCCc2ccc(OCC)c(OCC)c2)CC1.I. The molecular formula is C21H35IN4O4. The lowest BCUT2D eigenvalue weighted by Gasteiger charge is -2.31. The summed E-state index contributed by atoms with van der Waals surface area (Å²) >= 11 is 0. The van der Waals surface area contributed by atoms with Crippen LogP contribution in [-0.4, -0.2) is 62.4 Å². The number of nitrogens with one attached hydrogen (secondary N) is 1. The fourth-order valence-corrected chi connectivity index (χ4v) is 3.23. The van der Waals surface area contributed by atoms with E-state index in [0.717, 1.165) is 36.3 Å². The Labute approximate surface area is 196 Å². The summed E-state index contributed by atoms with van der Waals surface area (Å²) in [4.78, 5) is 17.9. The molecule has 1 saturated heterocycles. The van der Waals surface area contributed by atoms with E-state index in [2.05, 4.69) is 10.3 Å². The number of rotatable bonds is 9. The van der Waals surface area contributed by atoms with E-state index in [1.807, 2.05) is 39.0 Å². The maximum Gasteiger partial charge on any atom is 0.409 e. The summed E-state index contributed by atoms with van der Waals surface area (Å²) in [5.41, 5.74) is 7.16. The summed E-state index contributed by atoms with van der Waals surface area (Å²) in [5.74, 6) is 1.96. The van der Waals surface area contributed by atoms with Gasteiger partial charge in [0.25, 0.3) is 0 Å². The number of hydrogen-bond donors (Lipinski definition) is 2. The molecular weight excluding hydrogens is 499 g/mol. The first-order chi connectivity index (χ1) is 14.1. The van der Waals surface area contributed by atoms with Gasteiger partial charge in [0.05, 0.1) is 19.8 Å². The van der Waals surface area contributed by atoms with E-state index in [1.54, 1.807) is 4.90 Å². The molecule has 170 valence electrons. The van der Waals surface area contributed by atoms with Gasteiger partial charge in [-0.3, -0.25) is 4.99 Å². The van der Waals surface area contributed by atoms with Crippen molar-refractivity contribution >= 4 is 36.0 Å². The Morgan fingerprint density at radius 1 is 1.13 bits per heavy atom. The first-order valence-electron chi connectivity index (χ1n) is 10.4. The van der Waals surface area contributed by atoms with Crippen LogP contribution in [0.25, 0.3) is 0 Å². The summed E-state index contributed by atoms with van der Waals surface area (Å²) in [6, 6.07) is 6.18. The number of carbonyl (C=O) groups is 1. The lowest BCUT2D eigenvalue weighted by Crippen LogP contribution is -2.48. The number of benzene rings is 1. The van der Waals surface area contributed by atoms with Crippen LogP contribution in [0.15, 0.2) is 23.2 Å². The Kier molecular flexibility index (Phi) is 12.3. The van der Waals surface area contributed by atoms with Crippen molar-refractivity contribution in [3.05, 3.63) is 23.8 Å². The number of carbonyl (C=O) groups excluding carboxylic acids is 1. The molecule has 0 aromatic heterocycles. The van der Waals surface area contributed by atoms with E-state index in [0.29, 0.717) is 45.4 Å². The number of hydrogen-bond acceptors (Lipinski definition) is 5. The summed E-state index contributed by atoms with van der Waals surface area (Å²) in [5, 5.41) is 3.26. The molecule has 1 heterocycles. The van der Waals surface area contributed by atoms with E-state index in [-0.39, 0.29) is 36.1 Å². The predicted octanol–water partition coefficient (Wildman–Crippen LogP) is 3.17. The first kappa shape index (κ1) is 26.1. The van der Waals surface area contributed by atoms with E-state index in [9.17, 15) is 4.79 Å². The average Bonchev–Trinajstić information content (AvgIpc) is 2.71. The van der Waals surface area contributed by atoms with Crippen molar-refractivity contribution in [2.45, 2.75) is 46.1 Å². The standard InChI is InChI=1S/C21H34N4O4.HI/c1-4-27-18-8-7-16(15-19(18)28-5-2)9-12-23-20(22)24-17-10-13-25(14-11-17)21(26)29-6-3;/h7-8,15,17H,4-6,9-14H2,1-3H3,(H3,22,23,24);1H. The molecule has 1 amide bonds. The first-order valence-corrected chi connectivity index (χ1v) is 10.4. The number of aliphatic imine (C=N–C) groups is 1. The lowest BCUT2D eigenvalue weighted by atomic mass is 10.1. The molecule has 30 heavy (non-hydrogen) atoms. The molecule has 0 aliphatic carbocycles. The molecule has 0 atom stereocenters. The van der Waals surface area contributed by atoms with Gasteiger partial charge in [-0.2, -0.15) is 0 Å². The molecule has 9 heteroatoms. The highest BCUT2D eigenvalue weighted by molar-refractivity contribution is 14.0. The van der Waals surface area contributed by atoms with Crippen molar-refractivity contribution in [2.24, 2.45) is 10.7 Å². The van der Waals surface area contributed by atoms with Crippen molar-refractivity contribution < 1.29 is 19.0 Å². The number of halogens is 1. The molecule has 0 spiro atoms. The molecule has 1 aromatic rings. The predicted molar refractivity (Wildman–Crippen MR) is 129 cm³/mol. The number of nitrogens with zero attached hydrogens (tertiary/aromatic N) is 2. The molecule has 1 aliphatic rings. The minimum Gasteiger partial charge on any atom is -0.490 e. The van der Waals surface area contributed by atoms with Crippen LogP contribution >= 0.6 is 24.0 Å².